The lowest BCUT2D eigenvalue weighted by molar-refractivity contribution is -0.00524. The van der Waals surface area contributed by atoms with Crippen LogP contribution < -0.4 is 0 Å². The number of carbonyl (C=O) groups excluding carboxylic acids is 1. The van der Waals surface area contributed by atoms with Crippen LogP contribution in [-0.2, 0) is 36.3 Å². The van der Waals surface area contributed by atoms with E-state index in [0.717, 1.165) is 11.8 Å². The van der Waals surface area contributed by atoms with Crippen molar-refractivity contribution in [3.8, 4) is 0 Å². The highest BCUT2D eigenvalue weighted by Crippen LogP contribution is 2.66. The van der Waals surface area contributed by atoms with Crippen LogP contribution in [0.3, 0.4) is 0 Å². The van der Waals surface area contributed by atoms with Gasteiger partial charge in [-0.2, -0.15) is 8.62 Å². The minimum Gasteiger partial charge on any atom is -0.450 e. The van der Waals surface area contributed by atoms with Crippen LogP contribution in [0.2, 0.25) is 0 Å². The summed E-state index contributed by atoms with van der Waals surface area (Å²) in [6.45, 7) is -0.730. The van der Waals surface area contributed by atoms with E-state index >= 15 is 0 Å². The molecule has 0 spiro atoms. The maximum atomic E-state index is 11.6. The molecule has 2 heterocycles. The molecule has 0 bridgehead atoms. The first kappa shape index (κ1) is 20.6. The summed E-state index contributed by atoms with van der Waals surface area (Å²) >= 11 is 0.777. The quantitative estimate of drug-likeness (QED) is 0.238. The molecule has 0 aromatic rings. The smallest absolute Gasteiger partial charge is 0.450 e. The molecule has 2 fully saturated rings. The van der Waals surface area contributed by atoms with Gasteiger partial charge in [-0.05, 0) is 11.8 Å². The number of phosphoric ester groups is 1. The maximum absolute atomic E-state index is 11.6. The molecule has 18 heteroatoms. The summed E-state index contributed by atoms with van der Waals surface area (Å²) in [4.78, 5) is 46.2. The summed E-state index contributed by atoms with van der Waals surface area (Å²) in [5.41, 5.74) is 0. The second-order valence-corrected chi connectivity index (χ2v) is 9.97. The van der Waals surface area contributed by atoms with Crippen LogP contribution in [0.5, 0.6) is 0 Å². The van der Waals surface area contributed by atoms with Crippen LogP contribution in [0, 0.1) is 0 Å². The van der Waals surface area contributed by atoms with E-state index in [1.807, 2.05) is 0 Å². The summed E-state index contributed by atoms with van der Waals surface area (Å²) in [5, 5.41) is -1.18. The monoisotopic (exact) mass is 426 g/mol. The summed E-state index contributed by atoms with van der Waals surface area (Å²) in [7, 11) is -10.7. The third-order valence-electron chi connectivity index (χ3n) is 2.63. The fourth-order valence-corrected chi connectivity index (χ4v) is 5.87. The number of phosphoric acid groups is 3. The lowest BCUT2D eigenvalue weighted by Crippen LogP contribution is -2.30. The Labute approximate surface area is 139 Å². The third kappa shape index (κ3) is 5.63. The van der Waals surface area contributed by atoms with E-state index in [0.29, 0.717) is 0 Å². The standard InChI is InChI=1S/C6H10BO13P3S/c7-5-4-3(18-6(8)24-4)2(17-5)1-16-22(12,13)20-23(14,15)19-21(9,10)11/h2-5H,1H2,(H,12,13)(H,14,15)(H2,9,10,11). The summed E-state index contributed by atoms with van der Waals surface area (Å²) in [6.07, 6.45) is -1.93. The molecule has 6 unspecified atom stereocenters. The second kappa shape index (κ2) is 7.11. The van der Waals surface area contributed by atoms with Crippen molar-refractivity contribution in [2.45, 2.75) is 23.5 Å². The molecule has 2 rings (SSSR count). The van der Waals surface area contributed by atoms with E-state index in [1.54, 1.807) is 0 Å². The largest absolute Gasteiger partial charge is 0.490 e. The molecule has 0 amide bonds. The summed E-state index contributed by atoms with van der Waals surface area (Å²) in [5.74, 6) is 0. The molecule has 136 valence electrons. The Morgan fingerprint density at radius 3 is 2.33 bits per heavy atom. The highest BCUT2D eigenvalue weighted by Gasteiger charge is 2.51. The van der Waals surface area contributed by atoms with Gasteiger partial charge in [-0.1, -0.05) is 0 Å². The lowest BCUT2D eigenvalue weighted by atomic mass is 9.95. The van der Waals surface area contributed by atoms with Crippen molar-refractivity contribution in [1.29, 1.82) is 0 Å². The van der Waals surface area contributed by atoms with Gasteiger partial charge < -0.3 is 29.0 Å². The molecule has 13 nitrogen and oxygen atoms in total. The van der Waals surface area contributed by atoms with Gasteiger partial charge >= 0.3 is 28.8 Å². The van der Waals surface area contributed by atoms with E-state index in [4.69, 9.17) is 32.0 Å². The van der Waals surface area contributed by atoms with Gasteiger partial charge in [-0.25, -0.2) is 18.5 Å². The fraction of sp³-hybridized carbons (Fsp3) is 0.833. The molecule has 0 aliphatic carbocycles. The van der Waals surface area contributed by atoms with E-state index < -0.39 is 58.8 Å². The first-order valence-corrected chi connectivity index (χ1v) is 11.2. The average molecular weight is 426 g/mol. The molecule has 0 aromatic carbocycles. The predicted octanol–water partition coefficient (Wildman–Crippen LogP) is -0.156. The van der Waals surface area contributed by atoms with E-state index in [-0.39, 0.29) is 0 Å². The van der Waals surface area contributed by atoms with Crippen LogP contribution in [0.15, 0.2) is 0 Å². The Bertz CT molecular complexity index is 650. The van der Waals surface area contributed by atoms with Crippen molar-refractivity contribution in [1.82, 2.24) is 0 Å². The van der Waals surface area contributed by atoms with E-state index in [1.165, 1.54) is 0 Å². The maximum Gasteiger partial charge on any atom is 0.490 e. The zero-order valence-corrected chi connectivity index (χ0v) is 14.8. The zero-order valence-electron chi connectivity index (χ0n) is 11.3. The normalized spacial score (nSPS) is 35.1. The highest BCUT2D eigenvalue weighted by molar-refractivity contribution is 8.14. The molecular weight excluding hydrogens is 416 g/mol. The molecule has 2 aliphatic heterocycles. The molecule has 6 atom stereocenters. The number of ether oxygens (including phenoxy) is 2. The Kier molecular flexibility index (Phi) is 6.09. The molecule has 24 heavy (non-hydrogen) atoms. The number of carbonyl (C=O) groups is 1. The van der Waals surface area contributed by atoms with Crippen molar-refractivity contribution in [2.24, 2.45) is 0 Å². The average Bonchev–Trinajstić information content (AvgIpc) is 2.82. The molecule has 2 aliphatic rings. The van der Waals surface area contributed by atoms with E-state index in [2.05, 4.69) is 13.1 Å². The Morgan fingerprint density at radius 2 is 1.75 bits per heavy atom. The van der Waals surface area contributed by atoms with Crippen LogP contribution in [0.4, 0.5) is 4.79 Å². The number of thioether (sulfide) groups is 1. The van der Waals surface area contributed by atoms with E-state index in [9.17, 15) is 23.4 Å². The Hall–Kier alpha value is 0.255. The zero-order chi connectivity index (χ0) is 18.3. The topological polar surface area (TPSA) is 195 Å². The second-order valence-electron chi connectivity index (χ2n) is 4.44. The predicted molar refractivity (Wildman–Crippen MR) is 75.9 cm³/mol. The molecule has 2 radical (unpaired) electrons. The van der Waals surface area contributed by atoms with Crippen molar-refractivity contribution >= 4 is 48.4 Å². The van der Waals surface area contributed by atoms with Crippen LogP contribution in [0.1, 0.15) is 0 Å². The van der Waals surface area contributed by atoms with Crippen LogP contribution in [0.25, 0.3) is 0 Å². The van der Waals surface area contributed by atoms with Gasteiger partial charge in [0.1, 0.15) is 20.1 Å². The van der Waals surface area contributed by atoms with Gasteiger partial charge in [0.2, 0.25) is 0 Å². The summed E-state index contributed by atoms with van der Waals surface area (Å²) in [6, 6.07) is -0.916. The molecular formula is C6H10BO13P3S. The SMILES string of the molecule is [B]C1OC(COP(=O)(O)OP(=O)(O)OP(=O)(O)O)C2OC(=O)SC12. The van der Waals surface area contributed by atoms with Gasteiger partial charge in [-0.3, -0.25) is 4.52 Å². The number of hydrogen-bond acceptors (Lipinski definition) is 10. The van der Waals surface area contributed by atoms with Gasteiger partial charge in [0.25, 0.3) is 0 Å². The van der Waals surface area contributed by atoms with Gasteiger partial charge in [0.05, 0.1) is 11.9 Å². The lowest BCUT2D eigenvalue weighted by Gasteiger charge is -2.19. The van der Waals surface area contributed by atoms with Crippen LogP contribution in [-0.4, -0.2) is 62.8 Å². The van der Waals surface area contributed by atoms with Gasteiger partial charge in [-0.15, -0.1) is 0 Å². The summed E-state index contributed by atoms with van der Waals surface area (Å²) < 4.78 is 54.7. The third-order valence-corrected chi connectivity index (χ3v) is 7.53. The number of rotatable bonds is 7. The number of fused-ring (bicyclic) bond motifs is 1. The van der Waals surface area contributed by atoms with Gasteiger partial charge in [0, 0.05) is 6.00 Å². The molecule has 2 saturated heterocycles. The minimum absolute atomic E-state index is 0.563. The van der Waals surface area contributed by atoms with Crippen LogP contribution >= 0.6 is 35.2 Å². The first-order valence-electron chi connectivity index (χ1n) is 5.85. The van der Waals surface area contributed by atoms with Gasteiger partial charge in [0.15, 0.2) is 0 Å². The Balaban J connectivity index is 1.93. The van der Waals surface area contributed by atoms with Crippen molar-refractivity contribution < 1.29 is 60.7 Å². The van der Waals surface area contributed by atoms with Crippen molar-refractivity contribution in [2.75, 3.05) is 6.61 Å². The molecule has 0 aromatic heterocycles. The highest BCUT2D eigenvalue weighted by atomic mass is 32.2. The van der Waals surface area contributed by atoms with Crippen molar-refractivity contribution in [3.05, 3.63) is 0 Å². The minimum atomic E-state index is -5.60. The van der Waals surface area contributed by atoms with Crippen molar-refractivity contribution in [3.63, 3.8) is 0 Å². The fourth-order valence-electron chi connectivity index (χ4n) is 1.89. The first-order chi connectivity index (χ1) is 10.8. The number of hydrogen-bond donors (Lipinski definition) is 4. The molecule has 0 saturated carbocycles. The Morgan fingerprint density at radius 1 is 1.12 bits per heavy atom. The molecule has 4 N–H and O–H groups in total.